The molecule has 1 atom stereocenters. The Morgan fingerprint density at radius 1 is 1.46 bits per heavy atom. The quantitative estimate of drug-likeness (QED) is 0.680. The van der Waals surface area contributed by atoms with E-state index in [4.69, 9.17) is 0 Å². The molecule has 24 heavy (non-hydrogen) atoms. The number of rotatable bonds is 6. The Morgan fingerprint density at radius 2 is 2.25 bits per heavy atom. The lowest BCUT2D eigenvalue weighted by atomic mass is 9.98. The third-order valence-corrected chi connectivity index (χ3v) is 6.26. The van der Waals surface area contributed by atoms with Gasteiger partial charge in [0.05, 0.1) is 11.1 Å². The molecule has 3 aromatic rings. The number of thiophene rings is 1. The standard InChI is InChI=1S/C16H21N5OS2/c1-5-9(2)6-11-10(3)24-15-13(11)14(22)18-12(19-15)7-23-16-20-17-8-21(16)4/h8-9H,5-7H2,1-4H3,(H,18,19,22)/t9-/m0/s1. The molecule has 0 unspecified atom stereocenters. The molecule has 0 bridgehead atoms. The molecule has 1 N–H and O–H groups in total. The maximum Gasteiger partial charge on any atom is 0.259 e. The summed E-state index contributed by atoms with van der Waals surface area (Å²) in [6.07, 6.45) is 3.69. The number of fused-ring (bicyclic) bond motifs is 1. The summed E-state index contributed by atoms with van der Waals surface area (Å²) < 4.78 is 1.85. The van der Waals surface area contributed by atoms with E-state index in [9.17, 15) is 4.79 Å². The summed E-state index contributed by atoms with van der Waals surface area (Å²) in [7, 11) is 1.89. The minimum absolute atomic E-state index is 0.0313. The molecule has 0 aliphatic heterocycles. The van der Waals surface area contributed by atoms with Gasteiger partial charge in [0.25, 0.3) is 5.56 Å². The molecule has 0 aliphatic carbocycles. The second-order valence-corrected chi connectivity index (χ2v) is 8.21. The van der Waals surface area contributed by atoms with E-state index in [1.54, 1.807) is 17.7 Å². The van der Waals surface area contributed by atoms with Gasteiger partial charge in [-0.15, -0.1) is 21.5 Å². The molecule has 3 heterocycles. The average molecular weight is 364 g/mol. The first kappa shape index (κ1) is 17.2. The maximum absolute atomic E-state index is 12.6. The number of aryl methyl sites for hydroxylation is 2. The second-order valence-electron chi connectivity index (χ2n) is 6.06. The minimum atomic E-state index is -0.0313. The number of hydrogen-bond donors (Lipinski definition) is 1. The van der Waals surface area contributed by atoms with Gasteiger partial charge in [-0.25, -0.2) is 4.98 Å². The molecule has 128 valence electrons. The van der Waals surface area contributed by atoms with Gasteiger partial charge in [0.1, 0.15) is 17.0 Å². The van der Waals surface area contributed by atoms with Gasteiger partial charge in [-0.3, -0.25) is 4.79 Å². The molecule has 0 radical (unpaired) electrons. The molecule has 3 aromatic heterocycles. The van der Waals surface area contributed by atoms with Crippen LogP contribution < -0.4 is 5.56 Å². The van der Waals surface area contributed by atoms with Crippen LogP contribution in [0.3, 0.4) is 0 Å². The number of nitrogens with zero attached hydrogens (tertiary/aromatic N) is 4. The predicted octanol–water partition coefficient (Wildman–Crippen LogP) is 3.30. The lowest BCUT2D eigenvalue weighted by molar-refractivity contribution is 0.561. The van der Waals surface area contributed by atoms with Crippen molar-refractivity contribution in [3.63, 3.8) is 0 Å². The Hall–Kier alpha value is -1.67. The summed E-state index contributed by atoms with van der Waals surface area (Å²) in [6, 6.07) is 0. The first-order valence-electron chi connectivity index (χ1n) is 7.97. The summed E-state index contributed by atoms with van der Waals surface area (Å²) >= 11 is 3.12. The fourth-order valence-corrected chi connectivity index (χ4v) is 4.39. The van der Waals surface area contributed by atoms with E-state index in [0.29, 0.717) is 17.5 Å². The van der Waals surface area contributed by atoms with Crippen molar-refractivity contribution < 1.29 is 0 Å². The van der Waals surface area contributed by atoms with Crippen LogP contribution in [0.5, 0.6) is 0 Å². The SMILES string of the molecule is CC[C@H](C)Cc1c(C)sc2nc(CSc3nncn3C)[nH]c(=O)c12. The molecule has 6 nitrogen and oxygen atoms in total. The zero-order chi connectivity index (χ0) is 17.3. The van der Waals surface area contributed by atoms with Crippen molar-refractivity contribution >= 4 is 33.3 Å². The van der Waals surface area contributed by atoms with Crippen molar-refractivity contribution in [2.75, 3.05) is 0 Å². The van der Waals surface area contributed by atoms with Gasteiger partial charge in [-0.05, 0) is 24.8 Å². The highest BCUT2D eigenvalue weighted by Gasteiger charge is 2.17. The monoisotopic (exact) mass is 363 g/mol. The van der Waals surface area contributed by atoms with Crippen molar-refractivity contribution in [1.29, 1.82) is 0 Å². The second kappa shape index (κ2) is 7.06. The predicted molar refractivity (Wildman–Crippen MR) is 98.7 cm³/mol. The summed E-state index contributed by atoms with van der Waals surface area (Å²) in [5.41, 5.74) is 1.13. The third-order valence-electron chi connectivity index (χ3n) is 4.17. The molecule has 0 fully saturated rings. The Morgan fingerprint density at radius 3 is 2.92 bits per heavy atom. The molecule has 0 saturated carbocycles. The largest absolute Gasteiger partial charge is 0.312 e. The first-order valence-corrected chi connectivity index (χ1v) is 9.77. The smallest absolute Gasteiger partial charge is 0.259 e. The molecular formula is C16H21N5OS2. The van der Waals surface area contributed by atoms with Crippen molar-refractivity contribution in [2.24, 2.45) is 13.0 Å². The van der Waals surface area contributed by atoms with E-state index in [1.807, 2.05) is 11.6 Å². The number of aromatic amines is 1. The third kappa shape index (κ3) is 3.39. The molecule has 0 amide bonds. The Kier molecular flexibility index (Phi) is 5.05. The zero-order valence-electron chi connectivity index (χ0n) is 14.3. The van der Waals surface area contributed by atoms with Crippen molar-refractivity contribution in [2.45, 2.75) is 44.5 Å². The van der Waals surface area contributed by atoms with Crippen molar-refractivity contribution in [3.05, 3.63) is 32.9 Å². The summed E-state index contributed by atoms with van der Waals surface area (Å²) in [5, 5.41) is 9.46. The van der Waals surface area contributed by atoms with Crippen LogP contribution in [0.1, 0.15) is 36.5 Å². The van der Waals surface area contributed by atoms with Crippen LogP contribution in [0.2, 0.25) is 0 Å². The fourth-order valence-electron chi connectivity index (χ4n) is 2.56. The maximum atomic E-state index is 12.6. The summed E-state index contributed by atoms with van der Waals surface area (Å²) in [6.45, 7) is 6.48. The lowest BCUT2D eigenvalue weighted by Crippen LogP contribution is -2.12. The van der Waals surface area contributed by atoms with Gasteiger partial charge in [0, 0.05) is 11.9 Å². The molecule has 0 aliphatic rings. The minimum Gasteiger partial charge on any atom is -0.312 e. The summed E-state index contributed by atoms with van der Waals surface area (Å²) in [4.78, 5) is 22.2. The van der Waals surface area contributed by atoms with Crippen molar-refractivity contribution in [3.8, 4) is 0 Å². The number of aromatic nitrogens is 5. The Bertz CT molecular complexity index is 911. The topological polar surface area (TPSA) is 76.5 Å². The summed E-state index contributed by atoms with van der Waals surface area (Å²) in [5.74, 6) is 1.80. The number of H-pyrrole nitrogens is 1. The normalized spacial score (nSPS) is 12.8. The van der Waals surface area contributed by atoms with Crippen LogP contribution in [0.4, 0.5) is 0 Å². The average Bonchev–Trinajstić information content (AvgIpc) is 3.09. The van der Waals surface area contributed by atoms with E-state index in [0.717, 1.165) is 33.8 Å². The van der Waals surface area contributed by atoms with Crippen LogP contribution >= 0.6 is 23.1 Å². The van der Waals surface area contributed by atoms with Gasteiger partial charge >= 0.3 is 0 Å². The van der Waals surface area contributed by atoms with Gasteiger partial charge in [-0.1, -0.05) is 32.0 Å². The molecule has 0 spiro atoms. The zero-order valence-corrected chi connectivity index (χ0v) is 15.9. The fraction of sp³-hybridized carbons (Fsp3) is 0.500. The van der Waals surface area contributed by atoms with E-state index < -0.39 is 0 Å². The van der Waals surface area contributed by atoms with Crippen LogP contribution in [0.25, 0.3) is 10.2 Å². The molecule has 8 heteroatoms. The van der Waals surface area contributed by atoms with Gasteiger partial charge < -0.3 is 9.55 Å². The van der Waals surface area contributed by atoms with E-state index >= 15 is 0 Å². The van der Waals surface area contributed by atoms with Gasteiger partial charge in [-0.2, -0.15) is 0 Å². The van der Waals surface area contributed by atoms with Crippen molar-refractivity contribution in [1.82, 2.24) is 24.7 Å². The first-order chi connectivity index (χ1) is 11.5. The van der Waals surface area contributed by atoms with E-state index in [2.05, 4.69) is 40.9 Å². The highest BCUT2D eigenvalue weighted by molar-refractivity contribution is 7.98. The molecule has 0 saturated heterocycles. The number of hydrogen-bond acceptors (Lipinski definition) is 6. The van der Waals surface area contributed by atoms with E-state index in [1.165, 1.54) is 16.6 Å². The van der Waals surface area contributed by atoms with Crippen LogP contribution in [0, 0.1) is 12.8 Å². The van der Waals surface area contributed by atoms with Crippen LogP contribution in [-0.2, 0) is 19.2 Å². The lowest BCUT2D eigenvalue weighted by Gasteiger charge is -2.08. The van der Waals surface area contributed by atoms with Crippen LogP contribution in [-0.4, -0.2) is 24.7 Å². The number of thioether (sulfide) groups is 1. The highest BCUT2D eigenvalue weighted by atomic mass is 32.2. The van der Waals surface area contributed by atoms with Gasteiger partial charge in [0.2, 0.25) is 0 Å². The Balaban J connectivity index is 1.90. The molecule has 3 rings (SSSR count). The Labute approximate surface area is 148 Å². The molecular weight excluding hydrogens is 342 g/mol. The molecule has 0 aromatic carbocycles. The van der Waals surface area contributed by atoms with E-state index in [-0.39, 0.29) is 5.56 Å². The van der Waals surface area contributed by atoms with Crippen LogP contribution in [0.15, 0.2) is 16.3 Å². The number of nitrogens with one attached hydrogen (secondary N) is 1. The van der Waals surface area contributed by atoms with Gasteiger partial charge in [0.15, 0.2) is 5.16 Å². The highest BCUT2D eigenvalue weighted by Crippen LogP contribution is 2.30.